The van der Waals surface area contributed by atoms with Gasteiger partial charge in [0.2, 0.25) is 10.0 Å². The van der Waals surface area contributed by atoms with Gasteiger partial charge in [0.15, 0.2) is 0 Å². The highest BCUT2D eigenvalue weighted by Crippen LogP contribution is 2.46. The number of hydrogen-bond acceptors (Lipinski definition) is 2. The van der Waals surface area contributed by atoms with Gasteiger partial charge in [-0.1, -0.05) is 34.1 Å². The number of hydrogen-bond donors (Lipinski definition) is 1. The minimum Gasteiger partial charge on any atom is -0.207 e. The lowest BCUT2D eigenvalue weighted by molar-refractivity contribution is 0.535. The summed E-state index contributed by atoms with van der Waals surface area (Å²) in [6.45, 7) is 1.74. The van der Waals surface area contributed by atoms with Gasteiger partial charge in [-0.2, -0.15) is 0 Å². The Morgan fingerprint density at radius 3 is 2.36 bits per heavy atom. The second kappa shape index (κ2) is 5.44. The average Bonchev–Trinajstić information content (AvgIpc) is 3.22. The van der Waals surface area contributed by atoms with E-state index in [9.17, 15) is 12.8 Å². The summed E-state index contributed by atoms with van der Waals surface area (Å²) in [5, 5.41) is 0. The van der Waals surface area contributed by atoms with Gasteiger partial charge >= 0.3 is 0 Å². The van der Waals surface area contributed by atoms with Gasteiger partial charge in [0.1, 0.15) is 10.7 Å². The predicted molar refractivity (Wildman–Crippen MR) is 86.5 cm³/mol. The molecule has 22 heavy (non-hydrogen) atoms. The first-order valence-corrected chi connectivity index (χ1v) is 9.16. The maximum Gasteiger partial charge on any atom is 0.244 e. The topological polar surface area (TPSA) is 46.2 Å². The van der Waals surface area contributed by atoms with Crippen LogP contribution in [0.3, 0.4) is 0 Å². The zero-order valence-corrected chi connectivity index (χ0v) is 14.3. The molecule has 0 saturated heterocycles. The monoisotopic (exact) mass is 383 g/mol. The van der Waals surface area contributed by atoms with Gasteiger partial charge in [-0.15, -0.1) is 0 Å². The van der Waals surface area contributed by atoms with E-state index in [-0.39, 0.29) is 4.90 Å². The van der Waals surface area contributed by atoms with Crippen LogP contribution in [0.25, 0.3) is 0 Å². The van der Waals surface area contributed by atoms with Crippen LogP contribution in [0.2, 0.25) is 0 Å². The largest absolute Gasteiger partial charge is 0.244 e. The summed E-state index contributed by atoms with van der Waals surface area (Å²) < 4.78 is 42.6. The van der Waals surface area contributed by atoms with E-state index >= 15 is 0 Å². The molecule has 3 rings (SSSR count). The van der Waals surface area contributed by atoms with Crippen molar-refractivity contribution in [1.82, 2.24) is 4.72 Å². The fourth-order valence-electron chi connectivity index (χ4n) is 2.47. The fraction of sp³-hybridized carbons (Fsp3) is 0.250. The van der Waals surface area contributed by atoms with Gasteiger partial charge < -0.3 is 0 Å². The van der Waals surface area contributed by atoms with Crippen molar-refractivity contribution in [1.29, 1.82) is 0 Å². The van der Waals surface area contributed by atoms with Gasteiger partial charge in [-0.3, -0.25) is 0 Å². The summed E-state index contributed by atoms with van der Waals surface area (Å²) in [7, 11) is -3.90. The number of halogens is 2. The van der Waals surface area contributed by atoms with Crippen molar-refractivity contribution in [2.24, 2.45) is 0 Å². The van der Waals surface area contributed by atoms with Crippen LogP contribution in [0, 0.1) is 12.7 Å². The molecule has 0 amide bonds. The lowest BCUT2D eigenvalue weighted by Gasteiger charge is -2.18. The Kier molecular flexibility index (Phi) is 3.87. The average molecular weight is 384 g/mol. The van der Waals surface area contributed by atoms with Crippen LogP contribution in [0.1, 0.15) is 24.0 Å². The molecule has 116 valence electrons. The van der Waals surface area contributed by atoms with Crippen LogP contribution in [0.15, 0.2) is 51.8 Å². The predicted octanol–water partition coefficient (Wildman–Crippen LogP) is 3.86. The highest BCUT2D eigenvalue weighted by Gasteiger charge is 2.47. The van der Waals surface area contributed by atoms with E-state index in [1.807, 2.05) is 24.3 Å². The summed E-state index contributed by atoms with van der Waals surface area (Å²) >= 11 is 3.36. The number of aryl methyl sites for hydroxylation is 1. The molecule has 6 heteroatoms. The number of benzene rings is 2. The second-order valence-corrected chi connectivity index (χ2v) is 8.19. The number of rotatable bonds is 4. The molecule has 0 aliphatic heterocycles. The molecule has 0 heterocycles. The van der Waals surface area contributed by atoms with Gasteiger partial charge in [0.25, 0.3) is 0 Å². The molecule has 0 spiro atoms. The minimum atomic E-state index is -3.90. The first-order valence-electron chi connectivity index (χ1n) is 6.89. The Morgan fingerprint density at radius 2 is 1.77 bits per heavy atom. The summed E-state index contributed by atoms with van der Waals surface area (Å²) in [5.41, 5.74) is 0.984. The Balaban J connectivity index is 1.94. The molecule has 1 aliphatic carbocycles. The third-order valence-electron chi connectivity index (χ3n) is 3.85. The van der Waals surface area contributed by atoms with Crippen LogP contribution >= 0.6 is 15.9 Å². The van der Waals surface area contributed by atoms with Crippen LogP contribution in [0.5, 0.6) is 0 Å². The minimum absolute atomic E-state index is 0.295. The van der Waals surface area contributed by atoms with Crippen molar-refractivity contribution >= 4 is 26.0 Å². The first kappa shape index (κ1) is 15.6. The normalized spacial score (nSPS) is 16.5. The molecule has 1 aliphatic rings. The standard InChI is InChI=1S/C16H15BrFNO2S/c1-11-2-7-14(18)15(10-11)22(20,21)19-16(8-9-16)12-3-5-13(17)6-4-12/h2-7,10,19H,8-9H2,1H3. The number of nitrogens with one attached hydrogen (secondary N) is 1. The fourth-order valence-corrected chi connectivity index (χ4v) is 4.35. The zero-order chi connectivity index (χ0) is 16.0. The van der Waals surface area contributed by atoms with Crippen molar-refractivity contribution in [3.05, 3.63) is 63.9 Å². The van der Waals surface area contributed by atoms with Gasteiger partial charge in [0.05, 0.1) is 5.54 Å². The summed E-state index contributed by atoms with van der Waals surface area (Å²) in [5.74, 6) is -0.732. The molecular formula is C16H15BrFNO2S. The molecule has 1 fully saturated rings. The summed E-state index contributed by atoms with van der Waals surface area (Å²) in [4.78, 5) is -0.295. The molecule has 1 saturated carbocycles. The summed E-state index contributed by atoms with van der Waals surface area (Å²) in [6, 6.07) is 11.6. The molecule has 3 nitrogen and oxygen atoms in total. The van der Waals surface area contributed by atoms with Crippen LogP contribution in [-0.2, 0) is 15.6 Å². The molecule has 0 aromatic heterocycles. The Bertz CT molecular complexity index is 815. The quantitative estimate of drug-likeness (QED) is 0.870. The van der Waals surface area contributed by atoms with Crippen LogP contribution in [-0.4, -0.2) is 8.42 Å². The lowest BCUT2D eigenvalue weighted by atomic mass is 10.1. The van der Waals surface area contributed by atoms with Gasteiger partial charge in [-0.05, 0) is 55.2 Å². The van der Waals surface area contributed by atoms with Crippen molar-refractivity contribution in [3.8, 4) is 0 Å². The maximum absolute atomic E-state index is 13.9. The molecule has 0 atom stereocenters. The second-order valence-electron chi connectivity index (χ2n) is 5.63. The molecule has 2 aromatic carbocycles. The van der Waals surface area contributed by atoms with E-state index < -0.39 is 21.4 Å². The van der Waals surface area contributed by atoms with Crippen molar-refractivity contribution in [2.75, 3.05) is 0 Å². The van der Waals surface area contributed by atoms with Crippen molar-refractivity contribution in [3.63, 3.8) is 0 Å². The van der Waals surface area contributed by atoms with Crippen LogP contribution in [0.4, 0.5) is 4.39 Å². The van der Waals surface area contributed by atoms with Crippen molar-refractivity contribution in [2.45, 2.75) is 30.2 Å². The third-order valence-corrected chi connectivity index (χ3v) is 5.93. The first-order chi connectivity index (χ1) is 10.3. The highest BCUT2D eigenvalue weighted by molar-refractivity contribution is 9.10. The van der Waals surface area contributed by atoms with Crippen LogP contribution < -0.4 is 4.72 Å². The van der Waals surface area contributed by atoms with E-state index in [1.165, 1.54) is 12.1 Å². The molecule has 0 unspecified atom stereocenters. The molecule has 0 bridgehead atoms. The summed E-state index contributed by atoms with van der Waals surface area (Å²) in [6.07, 6.45) is 1.42. The zero-order valence-electron chi connectivity index (χ0n) is 11.9. The van der Waals surface area contributed by atoms with Gasteiger partial charge in [0, 0.05) is 4.47 Å². The lowest BCUT2D eigenvalue weighted by Crippen LogP contribution is -2.35. The smallest absolute Gasteiger partial charge is 0.207 e. The molecule has 0 radical (unpaired) electrons. The Hall–Kier alpha value is -1.24. The van der Waals surface area contributed by atoms with E-state index in [4.69, 9.17) is 0 Å². The molecule has 1 N–H and O–H groups in total. The van der Waals surface area contributed by atoms with E-state index in [1.54, 1.807) is 13.0 Å². The van der Waals surface area contributed by atoms with E-state index in [2.05, 4.69) is 20.7 Å². The van der Waals surface area contributed by atoms with Crippen molar-refractivity contribution < 1.29 is 12.8 Å². The van der Waals surface area contributed by atoms with Gasteiger partial charge in [-0.25, -0.2) is 17.5 Å². The highest BCUT2D eigenvalue weighted by atomic mass is 79.9. The maximum atomic E-state index is 13.9. The number of sulfonamides is 1. The van der Waals surface area contributed by atoms with E-state index in [0.29, 0.717) is 18.4 Å². The molecular weight excluding hydrogens is 369 g/mol. The Labute approximate surface area is 137 Å². The third kappa shape index (κ3) is 2.95. The molecule has 2 aromatic rings. The van der Waals surface area contributed by atoms with E-state index in [0.717, 1.165) is 10.0 Å². The SMILES string of the molecule is Cc1ccc(F)c(S(=O)(=O)NC2(c3ccc(Br)cc3)CC2)c1. The Morgan fingerprint density at radius 1 is 1.14 bits per heavy atom.